The Morgan fingerprint density at radius 1 is 1.27 bits per heavy atom. The molecule has 0 aliphatic rings. The van der Waals surface area contributed by atoms with E-state index in [1.165, 1.54) is 0 Å². The van der Waals surface area contributed by atoms with Crippen LogP contribution in [0.15, 0.2) is 24.3 Å². The molecule has 2 radical (unpaired) electrons. The molecule has 0 spiro atoms. The van der Waals surface area contributed by atoms with E-state index >= 15 is 0 Å². The maximum absolute atomic E-state index is 9.44. The van der Waals surface area contributed by atoms with Crippen LogP contribution in [0, 0.1) is 0 Å². The molecule has 11 heavy (non-hydrogen) atoms. The van der Waals surface area contributed by atoms with Gasteiger partial charge in [0.1, 0.15) is 0 Å². The van der Waals surface area contributed by atoms with Gasteiger partial charge in [-0.15, -0.1) is 0 Å². The van der Waals surface area contributed by atoms with E-state index in [0.29, 0.717) is 5.75 Å². The Kier molecular flexibility index (Phi) is 2.29. The third kappa shape index (κ3) is 2.00. The standard InChI is InChI=1S/C9H11AsO/c1-9(2,10)7-5-3-4-6-8(7)11/h3-6,11H,1-2H3. The molecule has 1 N–H and O–H groups in total. The summed E-state index contributed by atoms with van der Waals surface area (Å²) in [6.45, 7) is 4.12. The van der Waals surface area contributed by atoms with Gasteiger partial charge in [-0.1, -0.05) is 0 Å². The Morgan fingerprint density at radius 2 is 1.82 bits per heavy atom. The number of phenols is 1. The van der Waals surface area contributed by atoms with Crippen molar-refractivity contribution < 1.29 is 5.11 Å². The summed E-state index contributed by atoms with van der Waals surface area (Å²) in [7, 11) is 0. The maximum atomic E-state index is 9.44. The third-order valence-corrected chi connectivity index (χ3v) is 2.07. The van der Waals surface area contributed by atoms with Crippen LogP contribution >= 0.6 is 0 Å². The van der Waals surface area contributed by atoms with Crippen LogP contribution in [-0.2, 0) is 4.20 Å². The van der Waals surface area contributed by atoms with Crippen molar-refractivity contribution in [3.63, 3.8) is 0 Å². The molecule has 1 aromatic rings. The summed E-state index contributed by atoms with van der Waals surface area (Å²) in [5.74, 6) is 0.373. The van der Waals surface area contributed by atoms with Crippen molar-refractivity contribution in [1.82, 2.24) is 0 Å². The van der Waals surface area contributed by atoms with Gasteiger partial charge in [0.2, 0.25) is 0 Å². The van der Waals surface area contributed by atoms with Gasteiger partial charge in [-0.2, -0.15) is 0 Å². The second kappa shape index (κ2) is 2.90. The zero-order chi connectivity index (χ0) is 8.48. The number of phenolic OH excluding ortho intramolecular Hbond substituents is 1. The molecule has 0 aliphatic carbocycles. The van der Waals surface area contributed by atoms with Crippen LogP contribution in [0.1, 0.15) is 19.4 Å². The van der Waals surface area contributed by atoms with Crippen LogP contribution in [0.25, 0.3) is 0 Å². The molecule has 0 fully saturated rings. The predicted molar refractivity (Wildman–Crippen MR) is 46.9 cm³/mol. The van der Waals surface area contributed by atoms with E-state index in [1.807, 2.05) is 18.2 Å². The van der Waals surface area contributed by atoms with E-state index in [9.17, 15) is 5.11 Å². The topological polar surface area (TPSA) is 20.2 Å². The molecule has 1 aromatic carbocycles. The van der Waals surface area contributed by atoms with Gasteiger partial charge in [0.15, 0.2) is 0 Å². The average Bonchev–Trinajstić information content (AvgIpc) is 1.86. The minimum atomic E-state index is -0.0294. The van der Waals surface area contributed by atoms with Crippen LogP contribution in [0.4, 0.5) is 0 Å². The zero-order valence-corrected chi connectivity index (χ0v) is 8.58. The van der Waals surface area contributed by atoms with E-state index in [-0.39, 0.29) is 4.20 Å². The fourth-order valence-electron chi connectivity index (χ4n) is 0.991. The van der Waals surface area contributed by atoms with Gasteiger partial charge >= 0.3 is 75.6 Å². The SMILES string of the molecule is CC(C)([As])c1ccccc1O. The first kappa shape index (κ1) is 8.67. The molecule has 0 bridgehead atoms. The second-order valence-corrected chi connectivity index (χ2v) is 5.42. The van der Waals surface area contributed by atoms with E-state index in [1.54, 1.807) is 6.07 Å². The fraction of sp³-hybridized carbons (Fsp3) is 0.333. The Balaban J connectivity index is 3.14. The van der Waals surface area contributed by atoms with Gasteiger partial charge < -0.3 is 0 Å². The predicted octanol–water partition coefficient (Wildman–Crippen LogP) is 1.80. The second-order valence-electron chi connectivity index (χ2n) is 3.08. The van der Waals surface area contributed by atoms with Crippen molar-refractivity contribution in [3.8, 4) is 5.75 Å². The fourth-order valence-corrected chi connectivity index (χ4v) is 1.39. The van der Waals surface area contributed by atoms with Crippen LogP contribution in [0.3, 0.4) is 0 Å². The Morgan fingerprint density at radius 3 is 2.18 bits per heavy atom. The van der Waals surface area contributed by atoms with E-state index in [2.05, 4.69) is 30.7 Å². The van der Waals surface area contributed by atoms with Gasteiger partial charge in [0.05, 0.1) is 0 Å². The summed E-state index contributed by atoms with van der Waals surface area (Å²) in [4.78, 5) is 0. The summed E-state index contributed by atoms with van der Waals surface area (Å²) in [6.07, 6.45) is 0. The summed E-state index contributed by atoms with van der Waals surface area (Å²) in [5, 5.41) is 9.44. The minimum absolute atomic E-state index is 0.0294. The van der Waals surface area contributed by atoms with Crippen molar-refractivity contribution in [2.75, 3.05) is 0 Å². The molecule has 58 valence electrons. The molecular formula is C9H11AsO. The Hall–Kier alpha value is -0.422. The first-order valence-corrected chi connectivity index (χ1v) is 4.46. The van der Waals surface area contributed by atoms with Gasteiger partial charge in [-0.3, -0.25) is 0 Å². The molecule has 0 aromatic heterocycles. The van der Waals surface area contributed by atoms with Crippen molar-refractivity contribution >= 4 is 16.9 Å². The average molecular weight is 210 g/mol. The van der Waals surface area contributed by atoms with Crippen molar-refractivity contribution in [1.29, 1.82) is 0 Å². The molecule has 0 atom stereocenters. The number of aromatic hydroxyl groups is 1. The van der Waals surface area contributed by atoms with E-state index in [4.69, 9.17) is 0 Å². The zero-order valence-electron chi connectivity index (χ0n) is 6.70. The van der Waals surface area contributed by atoms with Gasteiger partial charge in [0.25, 0.3) is 0 Å². The monoisotopic (exact) mass is 210 g/mol. The molecule has 0 aliphatic heterocycles. The molecular weight excluding hydrogens is 199 g/mol. The van der Waals surface area contributed by atoms with Gasteiger partial charge in [0, 0.05) is 0 Å². The Bertz CT molecular complexity index is 250. The number of rotatable bonds is 1. The first-order chi connectivity index (χ1) is 5.02. The van der Waals surface area contributed by atoms with E-state index in [0.717, 1.165) is 5.56 Å². The summed E-state index contributed by atoms with van der Waals surface area (Å²) >= 11 is 2.55. The van der Waals surface area contributed by atoms with Gasteiger partial charge in [-0.25, -0.2) is 0 Å². The Labute approximate surface area is 75.9 Å². The van der Waals surface area contributed by atoms with E-state index < -0.39 is 0 Å². The molecule has 1 rings (SSSR count). The molecule has 0 saturated carbocycles. The van der Waals surface area contributed by atoms with Crippen LogP contribution in [-0.4, -0.2) is 22.0 Å². The van der Waals surface area contributed by atoms with Crippen molar-refractivity contribution in [3.05, 3.63) is 29.8 Å². The summed E-state index contributed by atoms with van der Waals surface area (Å²) < 4.78 is -0.0294. The third-order valence-electron chi connectivity index (χ3n) is 1.56. The number of benzene rings is 1. The first-order valence-electron chi connectivity index (χ1n) is 3.52. The van der Waals surface area contributed by atoms with Crippen LogP contribution < -0.4 is 0 Å². The summed E-state index contributed by atoms with van der Waals surface area (Å²) in [5.41, 5.74) is 0.972. The molecule has 0 saturated heterocycles. The molecule has 0 amide bonds. The molecule has 0 unspecified atom stereocenters. The quantitative estimate of drug-likeness (QED) is 0.700. The number of para-hydroxylation sites is 1. The molecule has 0 heterocycles. The van der Waals surface area contributed by atoms with Crippen molar-refractivity contribution in [2.45, 2.75) is 18.1 Å². The van der Waals surface area contributed by atoms with Gasteiger partial charge in [-0.05, 0) is 0 Å². The summed E-state index contributed by atoms with van der Waals surface area (Å²) in [6, 6.07) is 7.42. The number of hydrogen-bond acceptors (Lipinski definition) is 1. The normalized spacial score (nSPS) is 11.5. The number of hydrogen-bond donors (Lipinski definition) is 1. The van der Waals surface area contributed by atoms with Crippen LogP contribution in [0.2, 0.25) is 0 Å². The molecule has 1 nitrogen and oxygen atoms in total. The van der Waals surface area contributed by atoms with Crippen LogP contribution in [0.5, 0.6) is 5.75 Å². The molecule has 2 heteroatoms. The van der Waals surface area contributed by atoms with Crippen molar-refractivity contribution in [2.24, 2.45) is 0 Å².